The van der Waals surface area contributed by atoms with Crippen molar-refractivity contribution in [2.24, 2.45) is 0 Å². The fourth-order valence-electron chi connectivity index (χ4n) is 4.58. The van der Waals surface area contributed by atoms with E-state index in [4.69, 9.17) is 9.84 Å². The van der Waals surface area contributed by atoms with Gasteiger partial charge in [0.1, 0.15) is 6.10 Å². The molecule has 0 rings (SSSR count). The van der Waals surface area contributed by atoms with E-state index in [0.29, 0.717) is 12.8 Å². The number of carbonyl (C=O) groups excluding carboxylic acids is 1. The van der Waals surface area contributed by atoms with Gasteiger partial charge in [-0.05, 0) is 51.4 Å². The molecule has 0 aromatic heterocycles. The summed E-state index contributed by atoms with van der Waals surface area (Å²) in [7, 11) is 0. The average molecular weight is 521 g/mol. The molecular formula is C33H60O4. The van der Waals surface area contributed by atoms with Crippen LogP contribution in [0.1, 0.15) is 168 Å². The summed E-state index contributed by atoms with van der Waals surface area (Å²) < 4.78 is 5.50. The number of carboxylic acids is 1. The minimum absolute atomic E-state index is 0.0759. The largest absolute Gasteiger partial charge is 0.481 e. The lowest BCUT2D eigenvalue weighted by Crippen LogP contribution is -2.21. The van der Waals surface area contributed by atoms with Crippen LogP contribution in [0.25, 0.3) is 0 Å². The third-order valence-electron chi connectivity index (χ3n) is 6.91. The van der Waals surface area contributed by atoms with Crippen LogP contribution in [0.4, 0.5) is 0 Å². The summed E-state index contributed by atoms with van der Waals surface area (Å²) in [5.41, 5.74) is 0. The quantitative estimate of drug-likeness (QED) is 0.0633. The maximum absolute atomic E-state index is 12.2. The maximum atomic E-state index is 12.2. The number of ether oxygens (including phenoxy) is 1. The Balaban J connectivity index is 3.59. The Morgan fingerprint density at radius 2 is 1.08 bits per heavy atom. The van der Waals surface area contributed by atoms with Gasteiger partial charge in [0, 0.05) is 6.42 Å². The lowest BCUT2D eigenvalue weighted by molar-refractivity contribution is -0.153. The second-order valence-electron chi connectivity index (χ2n) is 10.7. The lowest BCUT2D eigenvalue weighted by Gasteiger charge is -2.16. The van der Waals surface area contributed by atoms with E-state index in [1.807, 2.05) is 0 Å². The van der Waals surface area contributed by atoms with Crippen LogP contribution in [-0.2, 0) is 14.3 Å². The molecule has 1 unspecified atom stereocenters. The smallest absolute Gasteiger partial charge is 0.307 e. The topological polar surface area (TPSA) is 63.6 Å². The van der Waals surface area contributed by atoms with Crippen LogP contribution in [0.5, 0.6) is 0 Å². The summed E-state index contributed by atoms with van der Waals surface area (Å²) in [6.45, 7) is 4.44. The minimum Gasteiger partial charge on any atom is -0.481 e. The van der Waals surface area contributed by atoms with Gasteiger partial charge in [0.05, 0.1) is 6.42 Å². The van der Waals surface area contributed by atoms with E-state index in [1.54, 1.807) is 0 Å². The summed E-state index contributed by atoms with van der Waals surface area (Å²) in [4.78, 5) is 23.3. The van der Waals surface area contributed by atoms with Gasteiger partial charge in [0.2, 0.25) is 0 Å². The number of carboxylic acid groups (broad SMARTS) is 1. The van der Waals surface area contributed by atoms with E-state index >= 15 is 0 Å². The Hall–Kier alpha value is -1.58. The molecule has 0 aromatic rings. The van der Waals surface area contributed by atoms with E-state index in [0.717, 1.165) is 38.5 Å². The summed E-state index contributed by atoms with van der Waals surface area (Å²) in [6.07, 6.45) is 34.9. The Morgan fingerprint density at radius 1 is 0.622 bits per heavy atom. The second-order valence-corrected chi connectivity index (χ2v) is 10.7. The highest BCUT2D eigenvalue weighted by Crippen LogP contribution is 2.16. The molecule has 0 fully saturated rings. The number of unbranched alkanes of at least 4 members (excludes halogenated alkanes) is 17. The minimum atomic E-state index is -0.888. The number of allylic oxidation sites excluding steroid dienone is 4. The van der Waals surface area contributed by atoms with Crippen molar-refractivity contribution in [3.05, 3.63) is 24.3 Å². The van der Waals surface area contributed by atoms with Crippen molar-refractivity contribution in [2.45, 2.75) is 174 Å². The van der Waals surface area contributed by atoms with Crippen molar-refractivity contribution in [2.75, 3.05) is 0 Å². The Bertz CT molecular complexity index is 567. The molecule has 4 heteroatoms. The summed E-state index contributed by atoms with van der Waals surface area (Å²) in [5.74, 6) is -1.12. The molecule has 0 aliphatic heterocycles. The van der Waals surface area contributed by atoms with Crippen molar-refractivity contribution in [3.8, 4) is 0 Å². The highest BCUT2D eigenvalue weighted by atomic mass is 16.5. The normalized spacial score (nSPS) is 12.5. The Kier molecular flexibility index (Phi) is 27.7. The van der Waals surface area contributed by atoms with Crippen LogP contribution in [0.15, 0.2) is 24.3 Å². The number of aliphatic carboxylic acids is 1. The van der Waals surface area contributed by atoms with Gasteiger partial charge in [-0.3, -0.25) is 9.59 Å². The molecule has 0 heterocycles. The van der Waals surface area contributed by atoms with Gasteiger partial charge in [-0.2, -0.15) is 0 Å². The maximum Gasteiger partial charge on any atom is 0.307 e. The number of hydrogen-bond donors (Lipinski definition) is 1. The van der Waals surface area contributed by atoms with E-state index < -0.39 is 12.1 Å². The zero-order valence-electron chi connectivity index (χ0n) is 24.5. The number of rotatable bonds is 28. The monoisotopic (exact) mass is 520 g/mol. The van der Waals surface area contributed by atoms with Crippen molar-refractivity contribution >= 4 is 11.9 Å². The highest BCUT2D eigenvalue weighted by Gasteiger charge is 2.17. The molecule has 0 aliphatic carbocycles. The van der Waals surface area contributed by atoms with Crippen LogP contribution < -0.4 is 0 Å². The SMILES string of the molecule is CCCCC/C=C\C/C=C\CCCCCCCCCCCC(=O)OC(CCCCCCCC)CC(=O)O. The summed E-state index contributed by atoms with van der Waals surface area (Å²) in [5, 5.41) is 9.12. The van der Waals surface area contributed by atoms with Crippen LogP contribution in [0, 0.1) is 0 Å². The summed E-state index contributed by atoms with van der Waals surface area (Å²) in [6, 6.07) is 0. The second kappa shape index (κ2) is 29.0. The van der Waals surface area contributed by atoms with Crippen LogP contribution in [0.3, 0.4) is 0 Å². The van der Waals surface area contributed by atoms with Gasteiger partial charge in [-0.25, -0.2) is 0 Å². The first kappa shape index (κ1) is 35.4. The standard InChI is InChI=1S/C33H60O4/c1-3-5-7-9-11-12-13-14-15-16-17-18-19-20-21-22-23-25-27-29-33(36)37-31(30-32(34)35)28-26-24-10-8-6-4-2/h11-12,14-15,31H,3-10,13,16-30H2,1-2H3,(H,34,35)/b12-11-,15-14-. The highest BCUT2D eigenvalue weighted by molar-refractivity contribution is 5.71. The van der Waals surface area contributed by atoms with Gasteiger partial charge in [-0.1, -0.05) is 128 Å². The Morgan fingerprint density at radius 3 is 1.65 bits per heavy atom. The van der Waals surface area contributed by atoms with Crippen LogP contribution in [0.2, 0.25) is 0 Å². The van der Waals surface area contributed by atoms with Crippen molar-refractivity contribution in [1.29, 1.82) is 0 Å². The predicted molar refractivity (Wildman–Crippen MR) is 158 cm³/mol. The fourth-order valence-corrected chi connectivity index (χ4v) is 4.58. The average Bonchev–Trinajstić information content (AvgIpc) is 2.87. The molecule has 0 spiro atoms. The Labute approximate surface area is 229 Å². The molecule has 0 aliphatic rings. The molecule has 0 aromatic carbocycles. The zero-order valence-corrected chi connectivity index (χ0v) is 24.5. The van der Waals surface area contributed by atoms with Gasteiger partial charge in [0.15, 0.2) is 0 Å². The van der Waals surface area contributed by atoms with Crippen molar-refractivity contribution in [1.82, 2.24) is 0 Å². The van der Waals surface area contributed by atoms with Crippen LogP contribution in [-0.4, -0.2) is 23.1 Å². The van der Waals surface area contributed by atoms with Gasteiger partial charge in [-0.15, -0.1) is 0 Å². The van der Waals surface area contributed by atoms with E-state index in [2.05, 4.69) is 38.2 Å². The van der Waals surface area contributed by atoms with Gasteiger partial charge < -0.3 is 9.84 Å². The molecule has 0 bridgehead atoms. The van der Waals surface area contributed by atoms with Gasteiger partial charge >= 0.3 is 11.9 Å². The molecule has 0 radical (unpaired) electrons. The molecular weight excluding hydrogens is 460 g/mol. The molecule has 216 valence electrons. The molecule has 0 amide bonds. The van der Waals surface area contributed by atoms with Crippen molar-refractivity contribution in [3.63, 3.8) is 0 Å². The zero-order chi connectivity index (χ0) is 27.2. The van der Waals surface area contributed by atoms with Crippen LogP contribution >= 0.6 is 0 Å². The van der Waals surface area contributed by atoms with E-state index in [9.17, 15) is 9.59 Å². The molecule has 0 saturated carbocycles. The third-order valence-corrected chi connectivity index (χ3v) is 6.91. The van der Waals surface area contributed by atoms with E-state index in [1.165, 1.54) is 96.3 Å². The molecule has 1 N–H and O–H groups in total. The predicted octanol–water partition coefficient (Wildman–Crippen LogP) is 10.5. The number of esters is 1. The molecule has 4 nitrogen and oxygen atoms in total. The molecule has 37 heavy (non-hydrogen) atoms. The lowest BCUT2D eigenvalue weighted by atomic mass is 10.0. The molecule has 1 atom stereocenters. The first-order chi connectivity index (χ1) is 18.1. The number of carbonyl (C=O) groups is 2. The fraction of sp³-hybridized carbons (Fsp3) is 0.818. The van der Waals surface area contributed by atoms with Gasteiger partial charge in [0.25, 0.3) is 0 Å². The van der Waals surface area contributed by atoms with E-state index in [-0.39, 0.29) is 12.4 Å². The first-order valence-electron chi connectivity index (χ1n) is 15.8. The number of hydrogen-bond acceptors (Lipinski definition) is 3. The third kappa shape index (κ3) is 28.8. The summed E-state index contributed by atoms with van der Waals surface area (Å²) >= 11 is 0. The first-order valence-corrected chi connectivity index (χ1v) is 15.8. The molecule has 0 saturated heterocycles. The van der Waals surface area contributed by atoms with Crippen molar-refractivity contribution < 1.29 is 19.4 Å².